The highest BCUT2D eigenvalue weighted by molar-refractivity contribution is 9.10. The zero-order valence-corrected chi connectivity index (χ0v) is 11.3. The van der Waals surface area contributed by atoms with E-state index in [-0.39, 0.29) is 5.82 Å². The first kappa shape index (κ1) is 12.3. The van der Waals surface area contributed by atoms with Gasteiger partial charge in [0.2, 0.25) is 0 Å². The van der Waals surface area contributed by atoms with Crippen molar-refractivity contribution in [3.8, 4) is 0 Å². The van der Waals surface area contributed by atoms with Gasteiger partial charge in [0.25, 0.3) is 0 Å². The van der Waals surface area contributed by atoms with E-state index in [0.29, 0.717) is 16.5 Å². The lowest BCUT2D eigenvalue weighted by molar-refractivity contribution is 0.628. The molecular formula is C12H9BrClFN2. The first-order valence-corrected chi connectivity index (χ1v) is 6.07. The van der Waals surface area contributed by atoms with Crippen LogP contribution in [0.15, 0.2) is 34.9 Å². The van der Waals surface area contributed by atoms with E-state index in [1.807, 2.05) is 13.0 Å². The smallest absolute Gasteiger partial charge is 0.130 e. The fraction of sp³-hybridized carbons (Fsp3) is 0.0833. The van der Waals surface area contributed by atoms with Crippen LogP contribution in [-0.2, 0) is 0 Å². The molecule has 0 unspecified atom stereocenters. The molecule has 0 saturated carbocycles. The van der Waals surface area contributed by atoms with Gasteiger partial charge < -0.3 is 5.32 Å². The van der Waals surface area contributed by atoms with Crippen LogP contribution in [0.4, 0.5) is 15.9 Å². The third-order valence-corrected chi connectivity index (χ3v) is 3.40. The Morgan fingerprint density at radius 2 is 2.12 bits per heavy atom. The lowest BCUT2D eigenvalue weighted by Crippen LogP contribution is -1.95. The number of rotatable bonds is 2. The van der Waals surface area contributed by atoms with Gasteiger partial charge in [0, 0.05) is 10.7 Å². The SMILES string of the molecule is Cc1cc(Nc2cc(F)ccc2Cl)ncc1Br. The molecule has 0 atom stereocenters. The second kappa shape index (κ2) is 5.02. The molecule has 0 spiro atoms. The monoisotopic (exact) mass is 314 g/mol. The number of aryl methyl sites for hydroxylation is 1. The topological polar surface area (TPSA) is 24.9 Å². The van der Waals surface area contributed by atoms with Crippen molar-refractivity contribution in [1.29, 1.82) is 0 Å². The summed E-state index contributed by atoms with van der Waals surface area (Å²) in [4.78, 5) is 4.17. The van der Waals surface area contributed by atoms with Gasteiger partial charge in [-0.25, -0.2) is 9.37 Å². The van der Waals surface area contributed by atoms with Crippen molar-refractivity contribution >= 4 is 39.0 Å². The van der Waals surface area contributed by atoms with Gasteiger partial charge in [0.15, 0.2) is 0 Å². The third-order valence-electron chi connectivity index (χ3n) is 2.24. The van der Waals surface area contributed by atoms with E-state index in [1.54, 1.807) is 6.20 Å². The Hall–Kier alpha value is -1.13. The van der Waals surface area contributed by atoms with E-state index < -0.39 is 0 Å². The Morgan fingerprint density at radius 1 is 1.35 bits per heavy atom. The van der Waals surface area contributed by atoms with E-state index >= 15 is 0 Å². The molecule has 0 radical (unpaired) electrons. The van der Waals surface area contributed by atoms with Crippen molar-refractivity contribution in [1.82, 2.24) is 4.98 Å². The van der Waals surface area contributed by atoms with Gasteiger partial charge in [-0.15, -0.1) is 0 Å². The molecule has 1 aromatic heterocycles. The van der Waals surface area contributed by atoms with E-state index in [0.717, 1.165) is 10.0 Å². The molecule has 0 aliphatic rings. The molecule has 0 amide bonds. The molecule has 2 rings (SSSR count). The number of nitrogens with one attached hydrogen (secondary N) is 1. The quantitative estimate of drug-likeness (QED) is 0.869. The highest BCUT2D eigenvalue weighted by Crippen LogP contribution is 2.26. The van der Waals surface area contributed by atoms with Gasteiger partial charge >= 0.3 is 0 Å². The second-order valence-corrected chi connectivity index (χ2v) is 4.83. The average molecular weight is 316 g/mol. The summed E-state index contributed by atoms with van der Waals surface area (Å²) in [7, 11) is 0. The maximum Gasteiger partial charge on any atom is 0.130 e. The number of aromatic nitrogens is 1. The van der Waals surface area contributed by atoms with Crippen molar-refractivity contribution < 1.29 is 4.39 Å². The Balaban J connectivity index is 2.31. The fourth-order valence-corrected chi connectivity index (χ4v) is 1.72. The van der Waals surface area contributed by atoms with E-state index in [1.165, 1.54) is 18.2 Å². The number of halogens is 3. The maximum absolute atomic E-state index is 13.1. The highest BCUT2D eigenvalue weighted by atomic mass is 79.9. The molecule has 0 bridgehead atoms. The predicted molar refractivity (Wildman–Crippen MR) is 71.4 cm³/mol. The van der Waals surface area contributed by atoms with Crippen LogP contribution in [-0.4, -0.2) is 4.98 Å². The van der Waals surface area contributed by atoms with Crippen molar-refractivity contribution in [3.05, 3.63) is 51.3 Å². The Bertz CT molecular complexity index is 560. The summed E-state index contributed by atoms with van der Waals surface area (Å²) >= 11 is 9.32. The van der Waals surface area contributed by atoms with Crippen molar-refractivity contribution in [2.24, 2.45) is 0 Å². The van der Waals surface area contributed by atoms with Crippen LogP contribution in [0.25, 0.3) is 0 Å². The summed E-state index contributed by atoms with van der Waals surface area (Å²) in [6.45, 7) is 1.95. The minimum atomic E-state index is -0.342. The van der Waals surface area contributed by atoms with Crippen LogP contribution in [0.3, 0.4) is 0 Å². The van der Waals surface area contributed by atoms with Crippen molar-refractivity contribution in [2.75, 3.05) is 5.32 Å². The number of pyridine rings is 1. The molecule has 1 N–H and O–H groups in total. The fourth-order valence-electron chi connectivity index (χ4n) is 1.34. The summed E-state index contributed by atoms with van der Waals surface area (Å²) in [5.74, 6) is 0.281. The molecule has 17 heavy (non-hydrogen) atoms. The van der Waals surface area contributed by atoms with Crippen LogP contribution in [0, 0.1) is 12.7 Å². The van der Waals surface area contributed by atoms with Gasteiger partial charge in [-0.3, -0.25) is 0 Å². The molecule has 1 heterocycles. The third kappa shape index (κ3) is 2.96. The number of nitrogens with zero attached hydrogens (tertiary/aromatic N) is 1. The molecular weight excluding hydrogens is 307 g/mol. The molecule has 0 aliphatic carbocycles. The highest BCUT2D eigenvalue weighted by Gasteiger charge is 2.04. The van der Waals surface area contributed by atoms with Crippen molar-refractivity contribution in [2.45, 2.75) is 6.92 Å². The lowest BCUT2D eigenvalue weighted by Gasteiger charge is -2.08. The number of hydrogen-bond acceptors (Lipinski definition) is 2. The second-order valence-electron chi connectivity index (χ2n) is 3.57. The van der Waals surface area contributed by atoms with E-state index in [9.17, 15) is 4.39 Å². The van der Waals surface area contributed by atoms with Gasteiger partial charge in [-0.05, 0) is 52.7 Å². The van der Waals surface area contributed by atoms with Crippen molar-refractivity contribution in [3.63, 3.8) is 0 Å². The maximum atomic E-state index is 13.1. The van der Waals surface area contributed by atoms with Crippen LogP contribution in [0.5, 0.6) is 0 Å². The number of anilines is 2. The molecule has 0 saturated heterocycles. The summed E-state index contributed by atoms with van der Waals surface area (Å²) in [6.07, 6.45) is 1.69. The Morgan fingerprint density at radius 3 is 2.82 bits per heavy atom. The first-order valence-electron chi connectivity index (χ1n) is 4.90. The normalized spacial score (nSPS) is 10.4. The summed E-state index contributed by atoms with van der Waals surface area (Å²) in [6, 6.07) is 6.01. The minimum Gasteiger partial charge on any atom is -0.339 e. The van der Waals surface area contributed by atoms with E-state index in [4.69, 9.17) is 11.6 Å². The standard InChI is InChI=1S/C12H9BrClFN2/c1-7-4-12(16-6-9(7)13)17-11-5-8(15)2-3-10(11)14/h2-6H,1H3,(H,16,17). The Kier molecular flexibility index (Phi) is 3.64. The molecule has 1 aromatic carbocycles. The predicted octanol–water partition coefficient (Wildman–Crippen LogP) is 4.69. The molecule has 2 nitrogen and oxygen atoms in total. The molecule has 2 aromatic rings. The van der Waals surface area contributed by atoms with Gasteiger partial charge in [0.05, 0.1) is 10.7 Å². The molecule has 0 aliphatic heterocycles. The molecule has 0 fully saturated rings. The summed E-state index contributed by atoms with van der Waals surface area (Å²) in [5, 5.41) is 3.43. The Labute approximate surface area is 112 Å². The van der Waals surface area contributed by atoms with Crippen LogP contribution in [0.2, 0.25) is 5.02 Å². The van der Waals surface area contributed by atoms with Gasteiger partial charge in [-0.2, -0.15) is 0 Å². The minimum absolute atomic E-state index is 0.342. The summed E-state index contributed by atoms with van der Waals surface area (Å²) in [5.41, 5.74) is 1.54. The molecule has 88 valence electrons. The lowest BCUT2D eigenvalue weighted by atomic mass is 10.2. The zero-order chi connectivity index (χ0) is 12.4. The summed E-state index contributed by atoms with van der Waals surface area (Å²) < 4.78 is 14.0. The largest absolute Gasteiger partial charge is 0.339 e. The van der Waals surface area contributed by atoms with Crippen LogP contribution in [0.1, 0.15) is 5.56 Å². The first-order chi connectivity index (χ1) is 8.06. The van der Waals surface area contributed by atoms with Crippen LogP contribution >= 0.6 is 27.5 Å². The van der Waals surface area contributed by atoms with Crippen LogP contribution < -0.4 is 5.32 Å². The molecule has 5 heteroatoms. The zero-order valence-electron chi connectivity index (χ0n) is 8.97. The van der Waals surface area contributed by atoms with Gasteiger partial charge in [-0.1, -0.05) is 11.6 Å². The van der Waals surface area contributed by atoms with Gasteiger partial charge in [0.1, 0.15) is 11.6 Å². The number of benzene rings is 1. The van der Waals surface area contributed by atoms with E-state index in [2.05, 4.69) is 26.2 Å². The average Bonchev–Trinajstić information content (AvgIpc) is 2.29. The number of hydrogen-bond donors (Lipinski definition) is 1.